The first-order valence-electron chi connectivity index (χ1n) is 10.5. The van der Waals surface area contributed by atoms with Crippen LogP contribution in [0.3, 0.4) is 0 Å². The largest absolute Gasteiger partial charge is 0.468 e. The van der Waals surface area contributed by atoms with Crippen molar-refractivity contribution in [2.24, 2.45) is 0 Å². The Morgan fingerprint density at radius 1 is 1.05 bits per heavy atom. The molecule has 0 bridgehead atoms. The van der Waals surface area contributed by atoms with Crippen molar-refractivity contribution in [3.05, 3.63) is 88.7 Å². The third-order valence-corrected chi connectivity index (χ3v) is 4.97. The van der Waals surface area contributed by atoms with Crippen LogP contribution >= 0.6 is 11.6 Å². The van der Waals surface area contributed by atoms with Crippen molar-refractivity contribution in [3.8, 4) is 11.5 Å². The molecule has 3 aromatic rings. The number of benzene rings is 2. The Balaban J connectivity index is 1.65. The number of nitrogens with one attached hydrogen (secondary N) is 2. The molecule has 0 radical (unpaired) electrons. The van der Waals surface area contributed by atoms with Gasteiger partial charge in [0.1, 0.15) is 23.7 Å². The van der Waals surface area contributed by atoms with Crippen LogP contribution < -0.4 is 15.4 Å². The lowest BCUT2D eigenvalue weighted by Gasteiger charge is -2.11. The molecule has 0 saturated carbocycles. The second kappa shape index (κ2) is 12.0. The lowest BCUT2D eigenvalue weighted by atomic mass is 10.2. The Morgan fingerprint density at radius 2 is 1.81 bits per heavy atom. The molecule has 12 heteroatoms. The van der Waals surface area contributed by atoms with Crippen LogP contribution in [0.1, 0.15) is 21.6 Å². The highest BCUT2D eigenvalue weighted by molar-refractivity contribution is 6.31. The van der Waals surface area contributed by atoms with Crippen LogP contribution in [0, 0.1) is 0 Å². The zero-order valence-electron chi connectivity index (χ0n) is 19.1. The Labute approximate surface area is 214 Å². The molecule has 2 amide bonds. The number of aromatic nitrogens is 1. The van der Waals surface area contributed by atoms with E-state index in [9.17, 15) is 27.6 Å². The van der Waals surface area contributed by atoms with Crippen molar-refractivity contribution in [3.63, 3.8) is 0 Å². The van der Waals surface area contributed by atoms with Crippen LogP contribution in [0.25, 0.3) is 6.08 Å². The number of nitrogens with zero attached hydrogens (tertiary/aromatic N) is 1. The van der Waals surface area contributed by atoms with Gasteiger partial charge in [0.2, 0.25) is 5.91 Å². The fourth-order valence-electron chi connectivity index (χ4n) is 2.91. The van der Waals surface area contributed by atoms with Gasteiger partial charge >= 0.3 is 12.1 Å². The number of carbonyl (C=O) groups excluding carboxylic acids is 3. The third kappa shape index (κ3) is 8.07. The summed E-state index contributed by atoms with van der Waals surface area (Å²) in [6.45, 7) is -0.314. The minimum atomic E-state index is -4.66. The standard InChI is InChI=1S/C25H19ClF3N3O5/c1-36-23(34)14-31-24(35)21-13-18(9-10-30-21)37-17-4-2-3-15(11-17)5-8-22(33)32-16-6-7-20(26)19(12-16)25(27,28)29/h2-13H,14H2,1H3,(H,31,35)(H,32,33). The summed E-state index contributed by atoms with van der Waals surface area (Å²) in [4.78, 5) is 39.5. The van der Waals surface area contributed by atoms with Gasteiger partial charge in [0, 0.05) is 24.0 Å². The van der Waals surface area contributed by atoms with Crippen molar-refractivity contribution in [1.29, 1.82) is 0 Å². The van der Waals surface area contributed by atoms with E-state index in [0.29, 0.717) is 17.1 Å². The predicted molar refractivity (Wildman–Crippen MR) is 129 cm³/mol. The number of amides is 2. The third-order valence-electron chi connectivity index (χ3n) is 4.65. The van der Waals surface area contributed by atoms with E-state index in [-0.39, 0.29) is 17.9 Å². The van der Waals surface area contributed by atoms with E-state index >= 15 is 0 Å². The highest BCUT2D eigenvalue weighted by Gasteiger charge is 2.33. The number of carbonyl (C=O) groups is 3. The van der Waals surface area contributed by atoms with E-state index in [0.717, 1.165) is 18.2 Å². The van der Waals surface area contributed by atoms with E-state index in [2.05, 4.69) is 20.4 Å². The van der Waals surface area contributed by atoms with E-state index in [1.54, 1.807) is 24.3 Å². The average Bonchev–Trinajstić information content (AvgIpc) is 2.86. The maximum Gasteiger partial charge on any atom is 0.417 e. The average molecular weight is 534 g/mol. The Morgan fingerprint density at radius 3 is 2.54 bits per heavy atom. The normalized spacial score (nSPS) is 11.2. The van der Waals surface area contributed by atoms with Crippen molar-refractivity contribution in [2.75, 3.05) is 19.0 Å². The molecule has 8 nitrogen and oxygen atoms in total. The lowest BCUT2D eigenvalue weighted by Crippen LogP contribution is -2.30. The van der Waals surface area contributed by atoms with Gasteiger partial charge in [-0.1, -0.05) is 23.7 Å². The van der Waals surface area contributed by atoms with Crippen molar-refractivity contribution in [1.82, 2.24) is 10.3 Å². The van der Waals surface area contributed by atoms with E-state index in [4.69, 9.17) is 16.3 Å². The number of hydrogen-bond acceptors (Lipinski definition) is 6. The maximum absolute atomic E-state index is 13.0. The van der Waals surface area contributed by atoms with Gasteiger partial charge in [-0.2, -0.15) is 13.2 Å². The summed E-state index contributed by atoms with van der Waals surface area (Å²) in [6.07, 6.45) is -0.702. The summed E-state index contributed by atoms with van der Waals surface area (Å²) < 4.78 is 49.2. The summed E-state index contributed by atoms with van der Waals surface area (Å²) in [5.41, 5.74) is -0.538. The monoisotopic (exact) mass is 533 g/mol. The maximum atomic E-state index is 13.0. The Hall–Kier alpha value is -4.38. The first-order chi connectivity index (χ1) is 17.5. The fraction of sp³-hybridized carbons (Fsp3) is 0.120. The molecular weight excluding hydrogens is 515 g/mol. The summed E-state index contributed by atoms with van der Waals surface area (Å²) in [5, 5.41) is 4.25. The lowest BCUT2D eigenvalue weighted by molar-refractivity contribution is -0.139. The number of anilines is 1. The first-order valence-corrected chi connectivity index (χ1v) is 10.9. The van der Waals surface area contributed by atoms with Crippen LogP contribution in [0.15, 0.2) is 66.9 Å². The van der Waals surface area contributed by atoms with Crippen molar-refractivity contribution in [2.45, 2.75) is 6.18 Å². The number of hydrogen-bond donors (Lipinski definition) is 2. The van der Waals surface area contributed by atoms with Gasteiger partial charge in [-0.05, 0) is 48.0 Å². The molecule has 0 aliphatic carbocycles. The molecule has 2 aromatic carbocycles. The molecule has 0 fully saturated rings. The van der Waals surface area contributed by atoms with E-state index in [1.807, 2.05) is 0 Å². The van der Waals surface area contributed by atoms with Gasteiger partial charge < -0.3 is 20.1 Å². The second-order valence-corrected chi connectivity index (χ2v) is 7.73. The molecule has 37 heavy (non-hydrogen) atoms. The van der Waals surface area contributed by atoms with E-state index < -0.39 is 34.5 Å². The molecule has 0 aliphatic heterocycles. The molecule has 0 atom stereocenters. The molecule has 2 N–H and O–H groups in total. The number of ether oxygens (including phenoxy) is 2. The minimum Gasteiger partial charge on any atom is -0.468 e. The molecule has 3 rings (SSSR count). The highest BCUT2D eigenvalue weighted by atomic mass is 35.5. The molecule has 1 aromatic heterocycles. The van der Waals surface area contributed by atoms with Crippen LogP contribution in [0.2, 0.25) is 5.02 Å². The zero-order chi connectivity index (χ0) is 27.0. The summed E-state index contributed by atoms with van der Waals surface area (Å²) in [7, 11) is 1.20. The zero-order valence-corrected chi connectivity index (χ0v) is 19.9. The number of methoxy groups -OCH3 is 1. The van der Waals surface area contributed by atoms with Crippen LogP contribution in [0.4, 0.5) is 18.9 Å². The van der Waals surface area contributed by atoms with E-state index in [1.165, 1.54) is 37.6 Å². The number of esters is 1. The van der Waals surface area contributed by atoms with Gasteiger partial charge in [-0.15, -0.1) is 0 Å². The Bertz CT molecular complexity index is 1350. The van der Waals surface area contributed by atoms with Crippen LogP contribution in [-0.4, -0.2) is 36.4 Å². The predicted octanol–water partition coefficient (Wildman–Crippen LogP) is 5.10. The SMILES string of the molecule is COC(=O)CNC(=O)c1cc(Oc2cccc(C=CC(=O)Nc3ccc(Cl)c(C(F)(F)F)c3)c2)ccn1. The van der Waals surface area contributed by atoms with Gasteiger partial charge in [0.05, 0.1) is 17.7 Å². The summed E-state index contributed by atoms with van der Waals surface area (Å²) in [6, 6.07) is 12.5. The fourth-order valence-corrected chi connectivity index (χ4v) is 3.13. The second-order valence-electron chi connectivity index (χ2n) is 7.33. The van der Waals surface area contributed by atoms with Gasteiger partial charge in [0.15, 0.2) is 0 Å². The topological polar surface area (TPSA) is 107 Å². The molecule has 0 saturated heterocycles. The summed E-state index contributed by atoms with van der Waals surface area (Å²) >= 11 is 5.59. The summed E-state index contributed by atoms with van der Waals surface area (Å²) in [5.74, 6) is -1.19. The molecule has 0 spiro atoms. The van der Waals surface area contributed by atoms with Crippen LogP contribution in [0.5, 0.6) is 11.5 Å². The minimum absolute atomic E-state index is 0.0185. The molecule has 192 valence electrons. The van der Waals surface area contributed by atoms with Gasteiger partial charge in [0.25, 0.3) is 5.91 Å². The molecular formula is C25H19ClF3N3O5. The smallest absolute Gasteiger partial charge is 0.417 e. The van der Waals surface area contributed by atoms with Crippen LogP contribution in [-0.2, 0) is 20.5 Å². The van der Waals surface area contributed by atoms with Gasteiger partial charge in [-0.3, -0.25) is 19.4 Å². The molecule has 0 aliphatic rings. The molecule has 0 unspecified atom stereocenters. The number of rotatable bonds is 8. The van der Waals surface area contributed by atoms with Crippen molar-refractivity contribution < 1.29 is 37.0 Å². The number of halogens is 4. The van der Waals surface area contributed by atoms with Gasteiger partial charge in [-0.25, -0.2) is 0 Å². The Kier molecular flexibility index (Phi) is 8.86. The number of alkyl halides is 3. The molecule has 1 heterocycles. The highest BCUT2D eigenvalue weighted by Crippen LogP contribution is 2.36. The number of pyridine rings is 1. The first kappa shape index (κ1) is 27.2. The van der Waals surface area contributed by atoms with Crippen molar-refractivity contribution >= 4 is 41.1 Å². The quantitative estimate of drug-likeness (QED) is 0.308.